The van der Waals surface area contributed by atoms with Gasteiger partial charge in [0.15, 0.2) is 0 Å². The van der Waals surface area contributed by atoms with Gasteiger partial charge < -0.3 is 8.74 Å². The van der Waals surface area contributed by atoms with Gasteiger partial charge in [-0.3, -0.25) is 4.98 Å². The van der Waals surface area contributed by atoms with Gasteiger partial charge in [0.05, 0.1) is 18.0 Å². The van der Waals surface area contributed by atoms with Crippen LogP contribution in [0.3, 0.4) is 0 Å². The van der Waals surface area contributed by atoms with Crippen LogP contribution in [0.15, 0.2) is 30.6 Å². The summed E-state index contributed by atoms with van der Waals surface area (Å²) in [5.41, 5.74) is 0. The van der Waals surface area contributed by atoms with Crippen molar-refractivity contribution in [3.05, 3.63) is 30.6 Å². The van der Waals surface area contributed by atoms with Gasteiger partial charge in [0.2, 0.25) is 0 Å². The van der Waals surface area contributed by atoms with E-state index in [9.17, 15) is 8.76 Å². The Morgan fingerprint density at radius 1 is 0.741 bits per heavy atom. The zero-order valence-electron chi connectivity index (χ0n) is 17.0. The number of pyridine rings is 1. The molecule has 0 radical (unpaired) electrons. The van der Waals surface area contributed by atoms with Gasteiger partial charge in [-0.25, -0.2) is 4.21 Å². The molecule has 160 valence electrons. The summed E-state index contributed by atoms with van der Waals surface area (Å²) >= 11 is -2.33. The van der Waals surface area contributed by atoms with Crippen LogP contribution in [0.1, 0.15) is 96.8 Å². The highest BCUT2D eigenvalue weighted by molar-refractivity contribution is 7.74. The van der Waals surface area contributed by atoms with Crippen LogP contribution >= 0.6 is 12.4 Å². The third-order valence-electron chi connectivity index (χ3n) is 4.24. The number of halogens is 1. The van der Waals surface area contributed by atoms with E-state index in [4.69, 9.17) is 0 Å². The molecule has 1 aromatic heterocycles. The largest absolute Gasteiger partial charge is 0.750 e. The number of aromatic nitrogens is 1. The van der Waals surface area contributed by atoms with Gasteiger partial charge >= 0.3 is 0 Å². The summed E-state index contributed by atoms with van der Waals surface area (Å²) in [6, 6.07) is 5.72. The normalized spacial score (nSPS) is 11.2. The van der Waals surface area contributed by atoms with Crippen molar-refractivity contribution >= 4 is 23.8 Å². The van der Waals surface area contributed by atoms with Gasteiger partial charge in [0, 0.05) is 12.4 Å². The first kappa shape index (κ1) is 28.7. The lowest BCUT2D eigenvalue weighted by Gasteiger charge is -2.05. The lowest BCUT2D eigenvalue weighted by atomic mass is 10.0. The van der Waals surface area contributed by atoms with E-state index >= 15 is 0 Å². The minimum absolute atomic E-state index is 0. The summed E-state index contributed by atoms with van der Waals surface area (Å²) in [7, 11) is 0. The van der Waals surface area contributed by atoms with Crippen molar-refractivity contribution in [1.29, 1.82) is 0 Å². The molecule has 0 fully saturated rings. The zero-order chi connectivity index (χ0) is 19.1. The molecule has 0 spiro atoms. The third-order valence-corrected chi connectivity index (χ3v) is 4.60. The molecule has 1 rings (SSSR count). The van der Waals surface area contributed by atoms with Crippen molar-refractivity contribution in [2.75, 3.05) is 6.61 Å². The summed E-state index contributed by atoms with van der Waals surface area (Å²) in [5.74, 6) is 0. The second kappa shape index (κ2) is 25.5. The molecular formula is C21H39ClNO3S-. The highest BCUT2D eigenvalue weighted by Crippen LogP contribution is 2.12. The monoisotopic (exact) mass is 420 g/mol. The van der Waals surface area contributed by atoms with Gasteiger partial charge in [-0.15, -0.1) is 12.4 Å². The Kier molecular flexibility index (Phi) is 27.1. The minimum atomic E-state index is -2.33. The van der Waals surface area contributed by atoms with Gasteiger partial charge in [0.1, 0.15) is 0 Å². The van der Waals surface area contributed by atoms with E-state index in [-0.39, 0.29) is 12.4 Å². The molecule has 0 aliphatic carbocycles. The van der Waals surface area contributed by atoms with Crippen molar-refractivity contribution in [3.8, 4) is 0 Å². The van der Waals surface area contributed by atoms with E-state index in [1.54, 1.807) is 12.4 Å². The van der Waals surface area contributed by atoms with Crippen LogP contribution in [0.4, 0.5) is 0 Å². The van der Waals surface area contributed by atoms with Crippen molar-refractivity contribution in [2.24, 2.45) is 0 Å². The van der Waals surface area contributed by atoms with Crippen LogP contribution in [-0.4, -0.2) is 20.4 Å². The van der Waals surface area contributed by atoms with E-state index < -0.39 is 11.4 Å². The summed E-state index contributed by atoms with van der Waals surface area (Å²) in [5, 5.41) is 0. The average molecular weight is 421 g/mol. The second-order valence-corrected chi connectivity index (χ2v) is 7.29. The highest BCUT2D eigenvalue weighted by Gasteiger charge is 1.94. The second-order valence-electron chi connectivity index (χ2n) is 6.65. The molecule has 1 unspecified atom stereocenters. The van der Waals surface area contributed by atoms with Crippen LogP contribution in [0.25, 0.3) is 0 Å². The topological polar surface area (TPSA) is 62.2 Å². The van der Waals surface area contributed by atoms with Gasteiger partial charge in [-0.2, -0.15) is 0 Å². The number of rotatable bonds is 16. The molecule has 0 bridgehead atoms. The van der Waals surface area contributed by atoms with Crippen LogP contribution in [0.5, 0.6) is 0 Å². The fourth-order valence-corrected chi connectivity index (χ4v) is 2.99. The Hall–Kier alpha value is -0.490. The molecule has 0 aromatic carbocycles. The molecule has 0 N–H and O–H groups in total. The van der Waals surface area contributed by atoms with E-state index in [2.05, 4.69) is 16.1 Å². The maximum absolute atomic E-state index is 10.1. The Labute approximate surface area is 175 Å². The first-order valence-corrected chi connectivity index (χ1v) is 11.3. The number of hydrogen-bond donors (Lipinski definition) is 0. The summed E-state index contributed by atoms with van der Waals surface area (Å²) in [6.45, 7) is 2.60. The molecule has 0 saturated carbocycles. The maximum atomic E-state index is 10.1. The molecule has 4 nitrogen and oxygen atoms in total. The van der Waals surface area contributed by atoms with Crippen LogP contribution in [0.2, 0.25) is 0 Å². The minimum Gasteiger partial charge on any atom is -0.750 e. The Balaban J connectivity index is 0. The highest BCUT2D eigenvalue weighted by atomic mass is 35.5. The van der Waals surface area contributed by atoms with Crippen molar-refractivity contribution in [2.45, 2.75) is 96.8 Å². The molecule has 1 atom stereocenters. The molecule has 0 aliphatic heterocycles. The van der Waals surface area contributed by atoms with E-state index in [1.807, 2.05) is 18.2 Å². The molecule has 0 amide bonds. The van der Waals surface area contributed by atoms with E-state index in [0.29, 0.717) is 6.61 Å². The molecule has 1 aromatic rings. The molecule has 6 heteroatoms. The molecule has 27 heavy (non-hydrogen) atoms. The number of nitrogens with zero attached hydrogens (tertiary/aromatic N) is 1. The van der Waals surface area contributed by atoms with Crippen molar-refractivity contribution in [3.63, 3.8) is 0 Å². The quantitative estimate of drug-likeness (QED) is 0.218. The van der Waals surface area contributed by atoms with E-state index in [1.165, 1.54) is 77.0 Å². The lowest BCUT2D eigenvalue weighted by Crippen LogP contribution is -1.97. The first-order chi connectivity index (χ1) is 12.8. The fraction of sp³-hybridized carbons (Fsp3) is 0.762. The van der Waals surface area contributed by atoms with Gasteiger partial charge in [0.25, 0.3) is 0 Å². The molecule has 0 saturated heterocycles. The van der Waals surface area contributed by atoms with Crippen molar-refractivity contribution < 1.29 is 12.9 Å². The Morgan fingerprint density at radius 3 is 1.44 bits per heavy atom. The summed E-state index contributed by atoms with van der Waals surface area (Å²) < 4.78 is 24.7. The van der Waals surface area contributed by atoms with E-state index in [0.717, 1.165) is 12.8 Å². The average Bonchev–Trinajstić information content (AvgIpc) is 2.66. The predicted octanol–water partition coefficient (Wildman–Crippen LogP) is 6.78. The molecule has 0 aliphatic rings. The maximum Gasteiger partial charge on any atom is 0.0842 e. The number of hydrogen-bond acceptors (Lipinski definition) is 4. The Bertz CT molecular complexity index is 370. The smallest absolute Gasteiger partial charge is 0.0842 e. The summed E-state index contributed by atoms with van der Waals surface area (Å²) in [4.78, 5) is 3.78. The zero-order valence-corrected chi connectivity index (χ0v) is 18.6. The SMILES string of the molecule is CCCCCCCCCCCCCCCCOS(=O)[O-].Cl.c1ccncc1. The standard InChI is InChI=1S/C16H34O3S.C5H5N.ClH/c1-2-3-4-5-6-7-8-9-10-11-12-13-14-15-16-19-20(17)18;1-2-4-6-5-3-1;/h2-16H2,1H3,(H,17,18);1-5H;1H/p-1. The lowest BCUT2D eigenvalue weighted by molar-refractivity contribution is 0.290. The summed E-state index contributed by atoms with van der Waals surface area (Å²) in [6.07, 6.45) is 21.8. The predicted molar refractivity (Wildman–Crippen MR) is 117 cm³/mol. The van der Waals surface area contributed by atoms with Gasteiger partial charge in [-0.1, -0.05) is 96.5 Å². The number of unbranched alkanes of at least 4 members (excludes halogenated alkanes) is 13. The van der Waals surface area contributed by atoms with Crippen LogP contribution in [0, 0.1) is 0 Å². The fourth-order valence-electron chi connectivity index (χ4n) is 2.74. The molecular weight excluding hydrogens is 382 g/mol. The molecule has 1 heterocycles. The van der Waals surface area contributed by atoms with Gasteiger partial charge in [-0.05, 0) is 18.6 Å². The van der Waals surface area contributed by atoms with Crippen LogP contribution in [-0.2, 0) is 15.5 Å². The first-order valence-electron chi connectivity index (χ1n) is 10.3. The Morgan fingerprint density at radius 2 is 1.15 bits per heavy atom. The van der Waals surface area contributed by atoms with Crippen LogP contribution < -0.4 is 0 Å². The third kappa shape index (κ3) is 27.8. The van der Waals surface area contributed by atoms with Crippen molar-refractivity contribution in [1.82, 2.24) is 4.98 Å².